The minimum Gasteiger partial charge on any atom is -0.480 e. The molecule has 1 saturated carbocycles. The van der Waals surface area contributed by atoms with Crippen LogP contribution >= 0.6 is 0 Å². The Hall–Kier alpha value is -1.30. The van der Waals surface area contributed by atoms with E-state index in [0.29, 0.717) is 24.9 Å². The Balaban J connectivity index is 1.75. The van der Waals surface area contributed by atoms with Gasteiger partial charge in [-0.2, -0.15) is 0 Å². The number of hydrogen-bond acceptors (Lipinski definition) is 3. The summed E-state index contributed by atoms with van der Waals surface area (Å²) in [5.74, 6) is 0.179. The number of nitrogens with zero attached hydrogens (tertiary/aromatic N) is 1. The summed E-state index contributed by atoms with van der Waals surface area (Å²) in [6.45, 7) is 6.81. The van der Waals surface area contributed by atoms with Crippen LogP contribution in [0.5, 0.6) is 0 Å². The van der Waals surface area contributed by atoms with Crippen LogP contribution in [-0.4, -0.2) is 53.3 Å². The lowest BCUT2D eigenvalue weighted by molar-refractivity contribution is -0.159. The van der Waals surface area contributed by atoms with Gasteiger partial charge in [-0.25, -0.2) is 9.59 Å². The average Bonchev–Trinajstić information content (AvgIpc) is 2.65. The van der Waals surface area contributed by atoms with E-state index < -0.39 is 11.6 Å². The molecule has 0 spiro atoms. The predicted molar refractivity (Wildman–Crippen MR) is 73.4 cm³/mol. The van der Waals surface area contributed by atoms with Crippen molar-refractivity contribution in [2.75, 3.05) is 19.7 Å². The Kier molecular flexibility index (Phi) is 4.22. The van der Waals surface area contributed by atoms with Crippen molar-refractivity contribution in [1.82, 2.24) is 10.2 Å². The number of urea groups is 1. The summed E-state index contributed by atoms with van der Waals surface area (Å²) in [7, 11) is 0. The van der Waals surface area contributed by atoms with Crippen molar-refractivity contribution in [1.29, 1.82) is 0 Å². The molecule has 2 fully saturated rings. The van der Waals surface area contributed by atoms with E-state index in [9.17, 15) is 9.59 Å². The first-order valence-corrected chi connectivity index (χ1v) is 7.22. The summed E-state index contributed by atoms with van der Waals surface area (Å²) >= 11 is 0. The molecule has 1 heterocycles. The van der Waals surface area contributed by atoms with Gasteiger partial charge in [0.25, 0.3) is 0 Å². The number of carboxylic acid groups (broad SMARTS) is 1. The van der Waals surface area contributed by atoms with E-state index in [1.54, 1.807) is 4.90 Å². The SMILES string of the molecule is CC1CCC(NC(=O)N2CC(C)(OCC(=O)O)C2)C1C. The van der Waals surface area contributed by atoms with Gasteiger partial charge in [0, 0.05) is 6.04 Å². The van der Waals surface area contributed by atoms with E-state index in [2.05, 4.69) is 19.2 Å². The summed E-state index contributed by atoms with van der Waals surface area (Å²) in [4.78, 5) is 24.3. The monoisotopic (exact) mass is 284 g/mol. The number of rotatable bonds is 4. The number of aliphatic carboxylic acids is 1. The maximum atomic E-state index is 12.1. The molecule has 3 unspecified atom stereocenters. The van der Waals surface area contributed by atoms with Crippen molar-refractivity contribution in [3.8, 4) is 0 Å². The maximum Gasteiger partial charge on any atom is 0.329 e. The average molecular weight is 284 g/mol. The second kappa shape index (κ2) is 5.60. The minimum absolute atomic E-state index is 0.0626. The van der Waals surface area contributed by atoms with Crippen LogP contribution in [0.3, 0.4) is 0 Å². The van der Waals surface area contributed by atoms with Gasteiger partial charge in [-0.15, -0.1) is 0 Å². The molecule has 2 amide bonds. The molecule has 0 aromatic carbocycles. The predicted octanol–water partition coefficient (Wildman–Crippen LogP) is 1.31. The first kappa shape index (κ1) is 15.1. The van der Waals surface area contributed by atoms with Gasteiger partial charge in [-0.05, 0) is 31.6 Å². The van der Waals surface area contributed by atoms with E-state index in [4.69, 9.17) is 9.84 Å². The molecular weight excluding hydrogens is 260 g/mol. The fourth-order valence-corrected chi connectivity index (χ4v) is 3.05. The molecular formula is C14H24N2O4. The van der Waals surface area contributed by atoms with Crippen LogP contribution in [0.25, 0.3) is 0 Å². The van der Waals surface area contributed by atoms with Crippen LogP contribution in [0.15, 0.2) is 0 Å². The number of carbonyl (C=O) groups is 2. The van der Waals surface area contributed by atoms with Crippen molar-refractivity contribution < 1.29 is 19.4 Å². The largest absolute Gasteiger partial charge is 0.480 e. The third-order valence-corrected chi connectivity index (χ3v) is 4.66. The van der Waals surface area contributed by atoms with E-state index >= 15 is 0 Å². The zero-order chi connectivity index (χ0) is 14.9. The van der Waals surface area contributed by atoms with Gasteiger partial charge in [-0.3, -0.25) is 0 Å². The van der Waals surface area contributed by atoms with Crippen molar-refractivity contribution in [3.63, 3.8) is 0 Å². The first-order valence-electron chi connectivity index (χ1n) is 7.22. The standard InChI is InChI=1S/C14H24N2O4/c1-9-4-5-11(10(9)2)15-13(19)16-7-14(3,8-16)20-6-12(17)18/h9-11H,4-8H2,1-3H3,(H,15,19)(H,17,18). The third kappa shape index (κ3) is 3.23. The molecule has 1 aliphatic carbocycles. The number of carboxylic acids is 1. The van der Waals surface area contributed by atoms with Gasteiger partial charge in [-0.1, -0.05) is 13.8 Å². The Morgan fingerprint density at radius 3 is 2.50 bits per heavy atom. The van der Waals surface area contributed by atoms with E-state index in [0.717, 1.165) is 12.8 Å². The molecule has 114 valence electrons. The van der Waals surface area contributed by atoms with Gasteiger partial charge in [0.2, 0.25) is 0 Å². The number of carbonyl (C=O) groups excluding carboxylic acids is 1. The molecule has 1 saturated heterocycles. The molecule has 1 aliphatic heterocycles. The lowest BCUT2D eigenvalue weighted by atomic mass is 9.96. The highest BCUT2D eigenvalue weighted by molar-refractivity contribution is 5.76. The molecule has 3 atom stereocenters. The van der Waals surface area contributed by atoms with Gasteiger partial charge in [0.1, 0.15) is 12.2 Å². The molecule has 0 bridgehead atoms. The van der Waals surface area contributed by atoms with Gasteiger partial charge < -0.3 is 20.1 Å². The first-order chi connectivity index (χ1) is 9.31. The van der Waals surface area contributed by atoms with Crippen LogP contribution in [0.1, 0.15) is 33.6 Å². The molecule has 0 aromatic heterocycles. The molecule has 6 nitrogen and oxygen atoms in total. The number of amides is 2. The van der Waals surface area contributed by atoms with Crippen LogP contribution in [-0.2, 0) is 9.53 Å². The lowest BCUT2D eigenvalue weighted by Crippen LogP contribution is -2.66. The summed E-state index contributed by atoms with van der Waals surface area (Å²) < 4.78 is 5.29. The highest BCUT2D eigenvalue weighted by atomic mass is 16.5. The van der Waals surface area contributed by atoms with E-state index in [-0.39, 0.29) is 18.7 Å². The fourth-order valence-electron chi connectivity index (χ4n) is 3.05. The Morgan fingerprint density at radius 2 is 2.00 bits per heavy atom. The summed E-state index contributed by atoms with van der Waals surface area (Å²) in [5.41, 5.74) is -0.523. The maximum absolute atomic E-state index is 12.1. The van der Waals surface area contributed by atoms with Gasteiger partial charge in [0.05, 0.1) is 13.1 Å². The molecule has 0 radical (unpaired) electrons. The smallest absolute Gasteiger partial charge is 0.329 e. The summed E-state index contributed by atoms with van der Waals surface area (Å²) in [6.07, 6.45) is 2.19. The molecule has 20 heavy (non-hydrogen) atoms. The van der Waals surface area contributed by atoms with Crippen LogP contribution in [0.2, 0.25) is 0 Å². The highest BCUT2D eigenvalue weighted by Crippen LogP contribution is 2.32. The molecule has 2 rings (SSSR count). The van der Waals surface area contributed by atoms with Gasteiger partial charge in [0.15, 0.2) is 0 Å². The van der Waals surface area contributed by atoms with E-state index in [1.165, 1.54) is 0 Å². The van der Waals surface area contributed by atoms with Crippen molar-refractivity contribution in [2.24, 2.45) is 11.8 Å². The van der Waals surface area contributed by atoms with Crippen LogP contribution < -0.4 is 5.32 Å². The van der Waals surface area contributed by atoms with Gasteiger partial charge >= 0.3 is 12.0 Å². The highest BCUT2D eigenvalue weighted by Gasteiger charge is 2.43. The number of likely N-dealkylation sites (tertiary alicyclic amines) is 1. The quantitative estimate of drug-likeness (QED) is 0.815. The van der Waals surface area contributed by atoms with Crippen molar-refractivity contribution in [2.45, 2.75) is 45.3 Å². The molecule has 2 N–H and O–H groups in total. The zero-order valence-corrected chi connectivity index (χ0v) is 12.4. The van der Waals surface area contributed by atoms with Crippen LogP contribution in [0, 0.1) is 11.8 Å². The normalized spacial score (nSPS) is 31.8. The molecule has 0 aromatic rings. The van der Waals surface area contributed by atoms with Crippen LogP contribution in [0.4, 0.5) is 4.79 Å². The second-order valence-electron chi connectivity index (χ2n) is 6.46. The lowest BCUT2D eigenvalue weighted by Gasteiger charge is -2.47. The van der Waals surface area contributed by atoms with Crippen molar-refractivity contribution in [3.05, 3.63) is 0 Å². The number of ether oxygens (including phenoxy) is 1. The summed E-state index contributed by atoms with van der Waals surface area (Å²) in [6, 6.07) is 0.191. The van der Waals surface area contributed by atoms with Crippen molar-refractivity contribution >= 4 is 12.0 Å². The zero-order valence-electron chi connectivity index (χ0n) is 12.4. The third-order valence-electron chi connectivity index (χ3n) is 4.66. The number of nitrogens with one attached hydrogen (secondary N) is 1. The summed E-state index contributed by atoms with van der Waals surface area (Å²) in [5, 5.41) is 11.7. The second-order valence-corrected chi connectivity index (χ2v) is 6.46. The Labute approximate surface area is 119 Å². The molecule has 6 heteroatoms. The topological polar surface area (TPSA) is 78.9 Å². The number of hydrogen-bond donors (Lipinski definition) is 2. The minimum atomic E-state index is -0.983. The Morgan fingerprint density at radius 1 is 1.35 bits per heavy atom. The fraction of sp³-hybridized carbons (Fsp3) is 0.857. The Bertz CT molecular complexity index is 393. The molecule has 2 aliphatic rings. The van der Waals surface area contributed by atoms with E-state index in [1.807, 2.05) is 6.92 Å².